The number of thiocarbonyl (C=S) groups is 1. The zero-order chi connectivity index (χ0) is 4.83. The van der Waals surface area contributed by atoms with E-state index in [1.807, 2.05) is 0 Å². The van der Waals surface area contributed by atoms with E-state index >= 15 is 0 Å². The average Bonchev–Trinajstić information content (AvgIpc) is 1.61. The third-order valence-electron chi connectivity index (χ3n) is 0.456. The van der Waals surface area contributed by atoms with Crippen LogP contribution in [0.1, 0.15) is 12.8 Å². The Kier molecular flexibility index (Phi) is 5.04. The molecule has 36 valence electrons. The minimum atomic E-state index is -0.243. The van der Waals surface area contributed by atoms with Crippen molar-refractivity contribution in [3.8, 4) is 0 Å². The molecule has 0 aromatic carbocycles. The van der Waals surface area contributed by atoms with Crippen molar-refractivity contribution in [2.75, 3.05) is 6.67 Å². The van der Waals surface area contributed by atoms with Gasteiger partial charge in [-0.05, 0) is 18.2 Å². The SMILES string of the molecule is FCCCC=S. The molecule has 0 saturated carbocycles. The number of hydrogen-bond acceptors (Lipinski definition) is 1. The van der Waals surface area contributed by atoms with Crippen LogP contribution in [0.2, 0.25) is 0 Å². The van der Waals surface area contributed by atoms with Crippen molar-refractivity contribution in [1.29, 1.82) is 0 Å². The van der Waals surface area contributed by atoms with Gasteiger partial charge in [-0.3, -0.25) is 4.39 Å². The molecule has 0 nitrogen and oxygen atoms in total. The molecule has 0 fully saturated rings. The van der Waals surface area contributed by atoms with Crippen molar-refractivity contribution >= 4 is 17.6 Å². The molecule has 0 aromatic rings. The first-order valence-electron chi connectivity index (χ1n) is 1.91. The van der Waals surface area contributed by atoms with Crippen LogP contribution in [-0.2, 0) is 0 Å². The topological polar surface area (TPSA) is 0 Å². The van der Waals surface area contributed by atoms with Crippen molar-refractivity contribution in [2.24, 2.45) is 0 Å². The summed E-state index contributed by atoms with van der Waals surface area (Å²) < 4.78 is 11.1. The van der Waals surface area contributed by atoms with Crippen LogP contribution in [0.25, 0.3) is 0 Å². The van der Waals surface area contributed by atoms with Crippen LogP contribution in [-0.4, -0.2) is 12.0 Å². The van der Waals surface area contributed by atoms with Gasteiger partial charge in [0.1, 0.15) is 0 Å². The molecule has 2 heteroatoms. The van der Waals surface area contributed by atoms with Crippen molar-refractivity contribution in [1.82, 2.24) is 0 Å². The van der Waals surface area contributed by atoms with E-state index in [1.54, 1.807) is 5.37 Å². The maximum atomic E-state index is 11.1. The number of alkyl halides is 1. The minimum absolute atomic E-state index is 0.243. The maximum Gasteiger partial charge on any atom is 0.0897 e. The van der Waals surface area contributed by atoms with Crippen LogP contribution in [0, 0.1) is 0 Å². The first-order chi connectivity index (χ1) is 2.91. The van der Waals surface area contributed by atoms with Crippen molar-refractivity contribution in [3.63, 3.8) is 0 Å². The number of unbranched alkanes of at least 4 members (excludes halogenated alkanes) is 1. The van der Waals surface area contributed by atoms with Crippen LogP contribution in [0.5, 0.6) is 0 Å². The number of hydrogen-bond donors (Lipinski definition) is 0. The van der Waals surface area contributed by atoms with Gasteiger partial charge in [-0.2, -0.15) is 0 Å². The summed E-state index contributed by atoms with van der Waals surface area (Å²) in [6.07, 6.45) is 1.31. The predicted octanol–water partition coefficient (Wildman–Crippen LogP) is 1.74. The Bertz CT molecular complexity index is 36.5. The summed E-state index contributed by atoms with van der Waals surface area (Å²) in [5.41, 5.74) is 0. The van der Waals surface area contributed by atoms with E-state index in [9.17, 15) is 4.39 Å². The lowest BCUT2D eigenvalue weighted by molar-refractivity contribution is 0.480. The molecule has 0 aliphatic rings. The Morgan fingerprint density at radius 1 is 1.67 bits per heavy atom. The zero-order valence-corrected chi connectivity index (χ0v) is 4.30. The fourth-order valence-corrected chi connectivity index (χ4v) is 0.327. The third kappa shape index (κ3) is 4.02. The Morgan fingerprint density at radius 2 is 2.33 bits per heavy atom. The molecule has 0 atom stereocenters. The van der Waals surface area contributed by atoms with E-state index in [2.05, 4.69) is 12.2 Å². The fourth-order valence-electron chi connectivity index (χ4n) is 0.160. The van der Waals surface area contributed by atoms with Gasteiger partial charge in [-0.25, -0.2) is 0 Å². The third-order valence-corrected chi connectivity index (χ3v) is 0.691. The standard InChI is InChI=1S/C4H7FS/c5-3-1-2-4-6/h4H,1-3H2. The zero-order valence-electron chi connectivity index (χ0n) is 3.48. The summed E-state index contributed by atoms with van der Waals surface area (Å²) in [7, 11) is 0. The molecule has 0 aromatic heterocycles. The summed E-state index contributed by atoms with van der Waals surface area (Å²) in [5.74, 6) is 0. The molecule has 0 heterocycles. The molecule has 0 aliphatic carbocycles. The normalized spacial score (nSPS) is 8.17. The number of halogens is 1. The second kappa shape index (κ2) is 5.02. The largest absolute Gasteiger partial charge is 0.251 e. The van der Waals surface area contributed by atoms with Crippen LogP contribution in [0.4, 0.5) is 4.39 Å². The molecule has 0 spiro atoms. The van der Waals surface area contributed by atoms with E-state index in [-0.39, 0.29) is 6.67 Å². The van der Waals surface area contributed by atoms with Gasteiger partial charge < -0.3 is 0 Å². The molecule has 0 saturated heterocycles. The number of rotatable bonds is 3. The van der Waals surface area contributed by atoms with E-state index in [0.717, 1.165) is 6.42 Å². The second-order valence-electron chi connectivity index (χ2n) is 0.998. The first-order valence-corrected chi connectivity index (χ1v) is 2.38. The molecule has 6 heavy (non-hydrogen) atoms. The lowest BCUT2D eigenvalue weighted by atomic mass is 10.4. The van der Waals surface area contributed by atoms with Crippen LogP contribution < -0.4 is 0 Å². The van der Waals surface area contributed by atoms with E-state index in [1.165, 1.54) is 0 Å². The van der Waals surface area contributed by atoms with Crippen LogP contribution in [0.15, 0.2) is 0 Å². The highest BCUT2D eigenvalue weighted by atomic mass is 32.1. The van der Waals surface area contributed by atoms with Gasteiger partial charge in [0.25, 0.3) is 0 Å². The van der Waals surface area contributed by atoms with Gasteiger partial charge in [0, 0.05) is 0 Å². The van der Waals surface area contributed by atoms with E-state index in [0.29, 0.717) is 6.42 Å². The van der Waals surface area contributed by atoms with Crippen LogP contribution in [0.3, 0.4) is 0 Å². The Labute approximate surface area is 42.4 Å². The monoisotopic (exact) mass is 106 g/mol. The lowest BCUT2D eigenvalue weighted by Crippen LogP contribution is -1.73. The molecular weight excluding hydrogens is 99.1 g/mol. The predicted molar refractivity (Wildman–Crippen MR) is 28.9 cm³/mol. The van der Waals surface area contributed by atoms with Gasteiger partial charge in [0.15, 0.2) is 0 Å². The summed E-state index contributed by atoms with van der Waals surface area (Å²) >= 11 is 4.43. The summed E-state index contributed by atoms with van der Waals surface area (Å²) in [5, 5.41) is 1.56. The molecule has 0 rings (SSSR count). The van der Waals surface area contributed by atoms with Gasteiger partial charge >= 0.3 is 0 Å². The molecule has 0 unspecified atom stereocenters. The molecule has 0 N–H and O–H groups in total. The fraction of sp³-hybridized carbons (Fsp3) is 0.750. The van der Waals surface area contributed by atoms with Crippen molar-refractivity contribution < 1.29 is 4.39 Å². The lowest BCUT2D eigenvalue weighted by Gasteiger charge is -1.78. The first kappa shape index (κ1) is 6.02. The van der Waals surface area contributed by atoms with Crippen LogP contribution >= 0.6 is 12.2 Å². The minimum Gasteiger partial charge on any atom is -0.251 e. The summed E-state index contributed by atoms with van der Waals surface area (Å²) in [4.78, 5) is 0. The highest BCUT2D eigenvalue weighted by Gasteiger charge is 1.75. The summed E-state index contributed by atoms with van der Waals surface area (Å²) in [6.45, 7) is -0.243. The van der Waals surface area contributed by atoms with E-state index < -0.39 is 0 Å². The Balaban J connectivity index is 2.49. The molecule has 0 amide bonds. The molecular formula is C4H7FS. The van der Waals surface area contributed by atoms with Gasteiger partial charge in [-0.15, -0.1) is 0 Å². The smallest absolute Gasteiger partial charge is 0.0897 e. The quantitative estimate of drug-likeness (QED) is 0.390. The molecule has 0 bridgehead atoms. The Morgan fingerprint density at radius 3 is 2.50 bits per heavy atom. The van der Waals surface area contributed by atoms with Gasteiger partial charge in [0.2, 0.25) is 0 Å². The second-order valence-corrected chi connectivity index (χ2v) is 1.33. The summed E-state index contributed by atoms with van der Waals surface area (Å²) in [6, 6.07) is 0. The molecule has 0 radical (unpaired) electrons. The van der Waals surface area contributed by atoms with E-state index in [4.69, 9.17) is 0 Å². The highest BCUT2D eigenvalue weighted by Crippen LogP contribution is 1.83. The van der Waals surface area contributed by atoms with Gasteiger partial charge in [0.05, 0.1) is 6.67 Å². The molecule has 0 aliphatic heterocycles. The highest BCUT2D eigenvalue weighted by molar-refractivity contribution is 7.78. The van der Waals surface area contributed by atoms with Crippen molar-refractivity contribution in [3.05, 3.63) is 0 Å². The maximum absolute atomic E-state index is 11.1. The van der Waals surface area contributed by atoms with Crippen molar-refractivity contribution in [2.45, 2.75) is 12.8 Å². The van der Waals surface area contributed by atoms with Gasteiger partial charge in [-0.1, -0.05) is 12.2 Å². The average molecular weight is 106 g/mol. The Hall–Kier alpha value is 0.0200.